The molecule has 2 aromatic rings. The van der Waals surface area contributed by atoms with Crippen molar-refractivity contribution in [3.8, 4) is 0 Å². The molecule has 4 rings (SSSR count). The Morgan fingerprint density at radius 3 is 2.66 bits per heavy atom. The molecule has 0 bridgehead atoms. The van der Waals surface area contributed by atoms with E-state index in [1.54, 1.807) is 34.1 Å². The molecule has 3 atom stereocenters. The van der Waals surface area contributed by atoms with Gasteiger partial charge in [0.2, 0.25) is 5.91 Å². The molecule has 2 aliphatic rings. The smallest absolute Gasteiger partial charge is 0.326 e. The van der Waals surface area contributed by atoms with Crippen LogP contribution in [-0.2, 0) is 9.53 Å². The maximum atomic E-state index is 13.1. The van der Waals surface area contributed by atoms with E-state index in [2.05, 4.69) is 5.32 Å². The molecule has 0 aromatic heterocycles. The van der Waals surface area contributed by atoms with Gasteiger partial charge in [-0.05, 0) is 23.8 Å². The second-order valence-electron chi connectivity index (χ2n) is 7.16. The zero-order valence-electron chi connectivity index (χ0n) is 15.9. The second-order valence-corrected chi connectivity index (χ2v) is 7.56. The second kappa shape index (κ2) is 8.02. The minimum Gasteiger partial charge on any atom is -0.394 e. The predicted octanol–water partition coefficient (Wildman–Crippen LogP) is 2.69. The number of rotatable bonds is 4. The van der Waals surface area contributed by atoms with Crippen LogP contribution in [0.2, 0.25) is 5.02 Å². The average Bonchev–Trinajstić information content (AvgIpc) is 2.70. The minimum absolute atomic E-state index is 0.0265. The summed E-state index contributed by atoms with van der Waals surface area (Å²) in [6.07, 6.45) is 0. The summed E-state index contributed by atoms with van der Waals surface area (Å²) in [6.45, 7) is 0.119. The number of hydrogen-bond donors (Lipinski definition) is 2. The van der Waals surface area contributed by atoms with E-state index in [1.165, 1.54) is 7.11 Å². The molecule has 7 nitrogen and oxygen atoms in total. The number of nitrogens with one attached hydrogen (secondary N) is 1. The number of carbonyl (C=O) groups excluding carboxylic acids is 2. The van der Waals surface area contributed by atoms with Crippen LogP contribution in [0.15, 0.2) is 48.5 Å². The predicted molar refractivity (Wildman–Crippen MR) is 110 cm³/mol. The van der Waals surface area contributed by atoms with Crippen LogP contribution in [0, 0.1) is 0 Å². The first-order valence-electron chi connectivity index (χ1n) is 9.39. The number of benzene rings is 2. The lowest BCUT2D eigenvalue weighted by Crippen LogP contribution is -2.71. The lowest BCUT2D eigenvalue weighted by molar-refractivity contribution is -0.154. The zero-order valence-corrected chi connectivity index (χ0v) is 16.7. The number of hydrogen-bond acceptors (Lipinski definition) is 4. The van der Waals surface area contributed by atoms with Gasteiger partial charge in [-0.15, -0.1) is 0 Å². The van der Waals surface area contributed by atoms with Crippen molar-refractivity contribution in [2.24, 2.45) is 0 Å². The quantitative estimate of drug-likeness (QED) is 0.804. The van der Waals surface area contributed by atoms with Crippen molar-refractivity contribution in [2.75, 3.05) is 37.1 Å². The topological polar surface area (TPSA) is 82.1 Å². The molecule has 0 saturated carbocycles. The van der Waals surface area contributed by atoms with E-state index >= 15 is 0 Å². The summed E-state index contributed by atoms with van der Waals surface area (Å²) in [5.41, 5.74) is 2.24. The molecule has 2 N–H and O–H groups in total. The Bertz CT molecular complexity index is 938. The molecule has 2 aliphatic heterocycles. The molecule has 1 fully saturated rings. The third-order valence-corrected chi connectivity index (χ3v) is 5.93. The molecule has 1 saturated heterocycles. The molecule has 2 heterocycles. The first kappa shape index (κ1) is 19.7. The zero-order chi connectivity index (χ0) is 20.5. The Hall–Kier alpha value is -2.61. The molecule has 0 spiro atoms. The van der Waals surface area contributed by atoms with Gasteiger partial charge in [-0.25, -0.2) is 4.79 Å². The molecular formula is C21H22ClN3O4. The molecule has 2 aromatic carbocycles. The highest BCUT2D eigenvalue weighted by Gasteiger charge is 2.55. The van der Waals surface area contributed by atoms with Gasteiger partial charge in [0, 0.05) is 25.3 Å². The molecule has 8 heteroatoms. The van der Waals surface area contributed by atoms with Gasteiger partial charge in [-0.3, -0.25) is 9.69 Å². The fourth-order valence-corrected chi connectivity index (χ4v) is 4.55. The summed E-state index contributed by atoms with van der Waals surface area (Å²) in [7, 11) is 1.46. The summed E-state index contributed by atoms with van der Waals surface area (Å²) in [5.74, 6) is -0.222. The molecule has 29 heavy (non-hydrogen) atoms. The molecular weight excluding hydrogens is 394 g/mol. The Kier molecular flexibility index (Phi) is 5.45. The fraction of sp³-hybridized carbons (Fsp3) is 0.333. The van der Waals surface area contributed by atoms with Crippen LogP contribution >= 0.6 is 11.6 Å². The Morgan fingerprint density at radius 1 is 1.21 bits per heavy atom. The van der Waals surface area contributed by atoms with Gasteiger partial charge in [0.25, 0.3) is 0 Å². The van der Waals surface area contributed by atoms with Gasteiger partial charge in [-0.2, -0.15) is 0 Å². The third-order valence-electron chi connectivity index (χ3n) is 5.60. The van der Waals surface area contributed by atoms with E-state index in [0.29, 0.717) is 17.3 Å². The van der Waals surface area contributed by atoms with Crippen molar-refractivity contribution >= 4 is 34.9 Å². The molecule has 0 aliphatic carbocycles. The van der Waals surface area contributed by atoms with Gasteiger partial charge in [0.05, 0.1) is 29.4 Å². The van der Waals surface area contributed by atoms with Crippen LogP contribution in [-0.4, -0.2) is 60.9 Å². The molecule has 3 amide bonds. The number of para-hydroxylation sites is 2. The highest BCUT2D eigenvalue weighted by atomic mass is 35.5. The number of halogens is 1. The van der Waals surface area contributed by atoms with Crippen molar-refractivity contribution in [3.63, 3.8) is 0 Å². The van der Waals surface area contributed by atoms with Gasteiger partial charge >= 0.3 is 6.03 Å². The van der Waals surface area contributed by atoms with E-state index < -0.39 is 0 Å². The highest BCUT2D eigenvalue weighted by molar-refractivity contribution is 6.33. The summed E-state index contributed by atoms with van der Waals surface area (Å²) in [6, 6.07) is 13.8. The molecule has 152 valence electrons. The Morgan fingerprint density at radius 2 is 1.93 bits per heavy atom. The van der Waals surface area contributed by atoms with Crippen molar-refractivity contribution in [1.29, 1.82) is 0 Å². The normalized spacial score (nSPS) is 22.4. The first-order valence-corrected chi connectivity index (χ1v) is 9.77. The molecule has 0 unspecified atom stereocenters. The maximum absolute atomic E-state index is 13.1. The standard InChI is InChI=1S/C21H22ClN3O4/c1-29-12-19(27)25-17-10-24(21(28)23-15-8-4-3-7-14(15)22)16-9-5-2-6-13(16)20(17)18(25)11-26/h2-9,17-18,20,26H,10-12H2,1H3,(H,23,28)/t17-,18+,20+/m1/s1. The number of nitrogens with zero attached hydrogens (tertiary/aromatic N) is 2. The van der Waals surface area contributed by atoms with Crippen molar-refractivity contribution in [1.82, 2.24) is 4.90 Å². The molecule has 0 radical (unpaired) electrons. The van der Waals surface area contributed by atoms with Crippen molar-refractivity contribution in [3.05, 3.63) is 59.1 Å². The van der Waals surface area contributed by atoms with E-state index in [-0.39, 0.29) is 43.2 Å². The maximum Gasteiger partial charge on any atom is 0.326 e. The van der Waals surface area contributed by atoms with Crippen molar-refractivity contribution in [2.45, 2.75) is 18.0 Å². The van der Waals surface area contributed by atoms with E-state index in [9.17, 15) is 14.7 Å². The summed E-state index contributed by atoms with van der Waals surface area (Å²) >= 11 is 6.18. The van der Waals surface area contributed by atoms with Gasteiger partial charge in [0.15, 0.2) is 0 Å². The van der Waals surface area contributed by atoms with Crippen LogP contribution in [0.25, 0.3) is 0 Å². The van der Waals surface area contributed by atoms with Crippen LogP contribution in [0.3, 0.4) is 0 Å². The number of aliphatic hydroxyl groups excluding tert-OH is 1. The monoisotopic (exact) mass is 415 g/mol. The van der Waals surface area contributed by atoms with E-state index in [0.717, 1.165) is 11.3 Å². The first-order chi connectivity index (χ1) is 14.1. The van der Waals surface area contributed by atoms with Crippen LogP contribution in [0.5, 0.6) is 0 Å². The van der Waals surface area contributed by atoms with Crippen LogP contribution in [0.4, 0.5) is 16.2 Å². The lowest BCUT2D eigenvalue weighted by Gasteiger charge is -2.58. The number of ether oxygens (including phenoxy) is 1. The summed E-state index contributed by atoms with van der Waals surface area (Å²) in [4.78, 5) is 28.9. The Labute approximate surface area is 173 Å². The SMILES string of the molecule is COCC(=O)N1[C@@H]2CN(C(=O)Nc3ccccc3Cl)c3ccccc3[C@@H]2[C@@H]1CO. The number of aliphatic hydroxyl groups is 1. The lowest BCUT2D eigenvalue weighted by atomic mass is 9.72. The fourth-order valence-electron chi connectivity index (χ4n) is 4.37. The number of carbonyl (C=O) groups is 2. The highest BCUT2D eigenvalue weighted by Crippen LogP contribution is 2.48. The Balaban J connectivity index is 1.65. The van der Waals surface area contributed by atoms with E-state index in [4.69, 9.17) is 16.3 Å². The number of fused-ring (bicyclic) bond motifs is 3. The third kappa shape index (κ3) is 3.35. The van der Waals surface area contributed by atoms with Crippen molar-refractivity contribution < 1.29 is 19.4 Å². The number of likely N-dealkylation sites (tertiary alicyclic amines) is 1. The largest absolute Gasteiger partial charge is 0.394 e. The van der Waals surface area contributed by atoms with Crippen LogP contribution in [0.1, 0.15) is 11.5 Å². The van der Waals surface area contributed by atoms with Gasteiger partial charge in [-0.1, -0.05) is 41.9 Å². The number of methoxy groups -OCH3 is 1. The summed E-state index contributed by atoms with van der Waals surface area (Å²) in [5, 5.41) is 13.2. The number of amides is 3. The average molecular weight is 416 g/mol. The van der Waals surface area contributed by atoms with Gasteiger partial charge in [0.1, 0.15) is 6.61 Å². The number of anilines is 2. The van der Waals surface area contributed by atoms with Crippen LogP contribution < -0.4 is 10.2 Å². The van der Waals surface area contributed by atoms with E-state index in [1.807, 2.05) is 24.3 Å². The number of urea groups is 1. The minimum atomic E-state index is -0.324. The summed E-state index contributed by atoms with van der Waals surface area (Å²) < 4.78 is 4.99. The van der Waals surface area contributed by atoms with Gasteiger partial charge < -0.3 is 20.1 Å².